The number of halogens is 2. The number of methoxy groups -OCH3 is 1. The van der Waals surface area contributed by atoms with Crippen LogP contribution in [0.2, 0.25) is 0 Å². The predicted molar refractivity (Wildman–Crippen MR) is 73.2 cm³/mol. The first-order chi connectivity index (χ1) is 9.06. The first-order valence-corrected chi connectivity index (χ1v) is 6.76. The summed E-state index contributed by atoms with van der Waals surface area (Å²) < 4.78 is 31.7. The van der Waals surface area contributed by atoms with Gasteiger partial charge in [0.1, 0.15) is 11.6 Å². The first kappa shape index (κ1) is 16.1. The second-order valence-electron chi connectivity index (χ2n) is 4.82. The molecule has 2 unspecified atom stereocenters. The summed E-state index contributed by atoms with van der Waals surface area (Å²) in [7, 11) is 1.69. The molecule has 0 aliphatic heterocycles. The van der Waals surface area contributed by atoms with Crippen molar-refractivity contribution in [2.24, 2.45) is 0 Å². The molecule has 0 fully saturated rings. The summed E-state index contributed by atoms with van der Waals surface area (Å²) in [5.41, 5.74) is 0.553. The molecule has 0 heterocycles. The summed E-state index contributed by atoms with van der Waals surface area (Å²) in [4.78, 5) is 0. The van der Waals surface area contributed by atoms with Gasteiger partial charge in [0.25, 0.3) is 0 Å². The Labute approximate surface area is 114 Å². The second kappa shape index (κ2) is 8.23. The molecule has 1 aromatic carbocycles. The number of hydrogen-bond acceptors (Lipinski definition) is 2. The molecule has 0 amide bonds. The Balaban J connectivity index is 2.61. The van der Waals surface area contributed by atoms with E-state index in [1.54, 1.807) is 7.11 Å². The van der Waals surface area contributed by atoms with Crippen LogP contribution in [0.3, 0.4) is 0 Å². The lowest BCUT2D eigenvalue weighted by atomic mass is 10.00. The van der Waals surface area contributed by atoms with E-state index in [1.165, 1.54) is 12.1 Å². The fourth-order valence-corrected chi connectivity index (χ4v) is 2.07. The van der Waals surface area contributed by atoms with Gasteiger partial charge in [-0.15, -0.1) is 0 Å². The van der Waals surface area contributed by atoms with Crippen LogP contribution in [0, 0.1) is 11.6 Å². The van der Waals surface area contributed by atoms with Gasteiger partial charge >= 0.3 is 0 Å². The molecular weight excluding hydrogens is 248 g/mol. The van der Waals surface area contributed by atoms with Crippen molar-refractivity contribution in [2.75, 3.05) is 13.7 Å². The maximum atomic E-state index is 13.6. The Morgan fingerprint density at radius 1 is 1.26 bits per heavy atom. The van der Waals surface area contributed by atoms with E-state index in [0.29, 0.717) is 12.0 Å². The molecule has 0 saturated heterocycles. The molecule has 0 radical (unpaired) electrons. The lowest BCUT2D eigenvalue weighted by Gasteiger charge is -2.20. The van der Waals surface area contributed by atoms with Crippen LogP contribution >= 0.6 is 0 Å². The van der Waals surface area contributed by atoms with Gasteiger partial charge in [-0.2, -0.15) is 0 Å². The Hall–Kier alpha value is -1.00. The van der Waals surface area contributed by atoms with Crippen molar-refractivity contribution in [3.8, 4) is 0 Å². The van der Waals surface area contributed by atoms with Crippen LogP contribution in [0.15, 0.2) is 18.2 Å². The highest BCUT2D eigenvalue weighted by Gasteiger charge is 2.13. The number of hydrogen-bond donors (Lipinski definition) is 1. The van der Waals surface area contributed by atoms with Crippen LogP contribution in [0.4, 0.5) is 8.78 Å². The predicted octanol–water partition coefficient (Wildman–Crippen LogP) is 3.30. The van der Waals surface area contributed by atoms with Crippen molar-refractivity contribution >= 4 is 0 Å². The number of rotatable bonds is 8. The molecule has 2 atom stereocenters. The molecule has 0 aliphatic carbocycles. The third-order valence-electron chi connectivity index (χ3n) is 3.30. The van der Waals surface area contributed by atoms with Crippen molar-refractivity contribution in [1.82, 2.24) is 5.32 Å². The van der Waals surface area contributed by atoms with E-state index in [1.807, 2.05) is 13.8 Å². The highest BCUT2D eigenvalue weighted by molar-refractivity contribution is 5.19. The molecule has 4 heteroatoms. The Morgan fingerprint density at radius 2 is 2.00 bits per heavy atom. The van der Waals surface area contributed by atoms with Gasteiger partial charge in [0.05, 0.1) is 6.10 Å². The minimum Gasteiger partial charge on any atom is -0.382 e. The summed E-state index contributed by atoms with van der Waals surface area (Å²) in [6.07, 6.45) is 2.58. The van der Waals surface area contributed by atoms with E-state index in [0.717, 1.165) is 25.5 Å². The second-order valence-corrected chi connectivity index (χ2v) is 4.82. The van der Waals surface area contributed by atoms with E-state index in [9.17, 15) is 8.78 Å². The fraction of sp³-hybridized carbons (Fsp3) is 0.600. The third-order valence-corrected chi connectivity index (χ3v) is 3.30. The van der Waals surface area contributed by atoms with Gasteiger partial charge in [-0.05, 0) is 44.4 Å². The summed E-state index contributed by atoms with van der Waals surface area (Å²) in [6, 6.07) is 3.95. The zero-order chi connectivity index (χ0) is 14.3. The zero-order valence-electron chi connectivity index (χ0n) is 11.9. The molecule has 0 saturated carbocycles. The summed E-state index contributed by atoms with van der Waals surface area (Å²) in [5.74, 6) is -1.00. The van der Waals surface area contributed by atoms with Crippen molar-refractivity contribution < 1.29 is 13.5 Å². The molecule has 108 valence electrons. The highest BCUT2D eigenvalue weighted by atomic mass is 19.1. The smallest absolute Gasteiger partial charge is 0.129 e. The lowest BCUT2D eigenvalue weighted by molar-refractivity contribution is 0.106. The Morgan fingerprint density at radius 3 is 2.58 bits per heavy atom. The maximum absolute atomic E-state index is 13.6. The van der Waals surface area contributed by atoms with Crippen molar-refractivity contribution in [3.63, 3.8) is 0 Å². The molecule has 1 rings (SSSR count). The largest absolute Gasteiger partial charge is 0.382 e. The lowest BCUT2D eigenvalue weighted by Crippen LogP contribution is -2.32. The van der Waals surface area contributed by atoms with Crippen LogP contribution in [-0.4, -0.2) is 25.8 Å². The number of likely N-dealkylation sites (N-methyl/N-ethyl adjacent to an activating group) is 1. The van der Waals surface area contributed by atoms with Gasteiger partial charge < -0.3 is 10.1 Å². The van der Waals surface area contributed by atoms with Crippen molar-refractivity contribution in [2.45, 2.75) is 45.3 Å². The van der Waals surface area contributed by atoms with Gasteiger partial charge in [0.2, 0.25) is 0 Å². The van der Waals surface area contributed by atoms with Gasteiger partial charge in [-0.3, -0.25) is 0 Å². The Kier molecular flexibility index (Phi) is 6.95. The van der Waals surface area contributed by atoms with E-state index in [4.69, 9.17) is 4.74 Å². The first-order valence-electron chi connectivity index (χ1n) is 6.76. The van der Waals surface area contributed by atoms with Gasteiger partial charge in [-0.1, -0.05) is 13.0 Å². The van der Waals surface area contributed by atoms with Crippen LogP contribution in [-0.2, 0) is 11.2 Å². The molecule has 0 bridgehead atoms. The van der Waals surface area contributed by atoms with E-state index < -0.39 is 11.6 Å². The SMILES string of the molecule is CCNC(CCC(C)OC)Cc1ccc(F)cc1F. The monoisotopic (exact) mass is 271 g/mol. The van der Waals surface area contributed by atoms with Crippen LogP contribution in [0.25, 0.3) is 0 Å². The molecule has 2 nitrogen and oxygen atoms in total. The molecule has 0 spiro atoms. The van der Waals surface area contributed by atoms with Crippen molar-refractivity contribution in [3.05, 3.63) is 35.4 Å². The molecule has 19 heavy (non-hydrogen) atoms. The van der Waals surface area contributed by atoms with Crippen molar-refractivity contribution in [1.29, 1.82) is 0 Å². The van der Waals surface area contributed by atoms with E-state index >= 15 is 0 Å². The number of nitrogens with one attached hydrogen (secondary N) is 1. The average Bonchev–Trinajstić information content (AvgIpc) is 2.38. The highest BCUT2D eigenvalue weighted by Crippen LogP contribution is 2.14. The molecule has 1 aromatic rings. The molecule has 0 aromatic heterocycles. The van der Waals surface area contributed by atoms with Gasteiger partial charge in [0, 0.05) is 19.2 Å². The topological polar surface area (TPSA) is 21.3 Å². The summed E-state index contributed by atoms with van der Waals surface area (Å²) in [6.45, 7) is 4.87. The molecule has 1 N–H and O–H groups in total. The van der Waals surface area contributed by atoms with E-state index in [-0.39, 0.29) is 12.1 Å². The zero-order valence-corrected chi connectivity index (χ0v) is 11.9. The van der Waals surface area contributed by atoms with Gasteiger partial charge in [0.15, 0.2) is 0 Å². The third kappa shape index (κ3) is 5.66. The quantitative estimate of drug-likeness (QED) is 0.783. The maximum Gasteiger partial charge on any atom is 0.129 e. The van der Waals surface area contributed by atoms with Crippen LogP contribution in [0.1, 0.15) is 32.3 Å². The minimum atomic E-state index is -0.533. The number of benzene rings is 1. The molecule has 0 aliphatic rings. The summed E-state index contributed by atoms with van der Waals surface area (Å²) in [5, 5.41) is 3.34. The van der Waals surface area contributed by atoms with E-state index in [2.05, 4.69) is 5.32 Å². The fourth-order valence-electron chi connectivity index (χ4n) is 2.07. The molecular formula is C15H23F2NO. The van der Waals surface area contributed by atoms with Crippen LogP contribution < -0.4 is 5.32 Å². The van der Waals surface area contributed by atoms with Gasteiger partial charge in [-0.25, -0.2) is 8.78 Å². The average molecular weight is 271 g/mol. The normalized spacial score (nSPS) is 14.4. The minimum absolute atomic E-state index is 0.183. The summed E-state index contributed by atoms with van der Waals surface area (Å²) >= 11 is 0. The van der Waals surface area contributed by atoms with Crippen LogP contribution in [0.5, 0.6) is 0 Å². The number of ether oxygens (including phenoxy) is 1. The Bertz CT molecular complexity index is 384. The standard InChI is InChI=1S/C15H23F2NO/c1-4-18-14(8-5-11(2)19-3)9-12-6-7-13(16)10-15(12)17/h6-7,10-11,14,18H,4-5,8-9H2,1-3H3.